The molecule has 4 rings (SSSR count). The lowest BCUT2D eigenvalue weighted by Gasteiger charge is -2.29. The predicted molar refractivity (Wildman–Crippen MR) is 125 cm³/mol. The molecule has 1 aromatic carbocycles. The van der Waals surface area contributed by atoms with Gasteiger partial charge in [-0.1, -0.05) is 25.5 Å². The van der Waals surface area contributed by atoms with Gasteiger partial charge in [0.1, 0.15) is 18.0 Å². The van der Waals surface area contributed by atoms with E-state index in [0.717, 1.165) is 62.0 Å². The minimum Gasteiger partial charge on any atom is -0.490 e. The van der Waals surface area contributed by atoms with Crippen LogP contribution < -0.4 is 9.47 Å². The Hall–Kier alpha value is -2.28. The zero-order chi connectivity index (χ0) is 23.3. The van der Waals surface area contributed by atoms with Crippen molar-refractivity contribution in [2.45, 2.75) is 82.8 Å². The van der Waals surface area contributed by atoms with Crippen LogP contribution in [0.2, 0.25) is 0 Å². The molecular formula is C26H35F2N3O2. The quantitative estimate of drug-likeness (QED) is 0.491. The Balaban J connectivity index is 1.49. The number of hydrogen-bond acceptors (Lipinski definition) is 5. The van der Waals surface area contributed by atoms with Gasteiger partial charge in [-0.3, -0.25) is 0 Å². The van der Waals surface area contributed by atoms with Crippen molar-refractivity contribution in [3.8, 4) is 22.8 Å². The summed E-state index contributed by atoms with van der Waals surface area (Å²) >= 11 is 0. The van der Waals surface area contributed by atoms with Gasteiger partial charge in [0.2, 0.25) is 5.88 Å². The van der Waals surface area contributed by atoms with Crippen LogP contribution in [0.5, 0.6) is 11.6 Å². The molecule has 180 valence electrons. The van der Waals surface area contributed by atoms with Gasteiger partial charge in [0, 0.05) is 37.6 Å². The molecule has 0 amide bonds. The number of hydrogen-bond donors (Lipinski definition) is 0. The molecule has 2 fully saturated rings. The van der Waals surface area contributed by atoms with Crippen LogP contribution in [-0.2, 0) is 6.42 Å². The average molecular weight is 460 g/mol. The Labute approximate surface area is 195 Å². The number of rotatable bonds is 8. The van der Waals surface area contributed by atoms with Gasteiger partial charge in [-0.2, -0.15) is 5.10 Å². The summed E-state index contributed by atoms with van der Waals surface area (Å²) in [5, 5.41) is 8.86. The third-order valence-electron chi connectivity index (χ3n) is 6.63. The van der Waals surface area contributed by atoms with E-state index in [2.05, 4.69) is 29.1 Å². The van der Waals surface area contributed by atoms with Crippen molar-refractivity contribution in [2.24, 2.45) is 0 Å². The van der Waals surface area contributed by atoms with E-state index in [1.54, 1.807) is 0 Å². The molecule has 0 bridgehead atoms. The van der Waals surface area contributed by atoms with Crippen molar-refractivity contribution in [3.05, 3.63) is 36.0 Å². The molecule has 2 aromatic rings. The second-order valence-electron chi connectivity index (χ2n) is 9.48. The number of halogens is 2. The second-order valence-corrected chi connectivity index (χ2v) is 9.48. The topological polar surface area (TPSA) is 47.5 Å². The molecule has 1 saturated heterocycles. The minimum absolute atomic E-state index is 0.0384. The lowest BCUT2D eigenvalue weighted by atomic mass is 9.94. The highest BCUT2D eigenvalue weighted by Crippen LogP contribution is 2.36. The van der Waals surface area contributed by atoms with Gasteiger partial charge in [0.25, 0.3) is 5.92 Å². The van der Waals surface area contributed by atoms with E-state index in [1.807, 2.05) is 30.3 Å². The van der Waals surface area contributed by atoms with E-state index < -0.39 is 12.0 Å². The highest BCUT2D eigenvalue weighted by Gasteiger charge is 2.37. The first-order chi connectivity index (χ1) is 15.9. The highest BCUT2D eigenvalue weighted by molar-refractivity contribution is 5.67. The Bertz CT molecular complexity index is 899. The summed E-state index contributed by atoms with van der Waals surface area (Å²) in [5.74, 6) is -1.44. The molecule has 0 radical (unpaired) electrons. The monoisotopic (exact) mass is 459 g/mol. The van der Waals surface area contributed by atoms with E-state index in [1.165, 1.54) is 0 Å². The van der Waals surface area contributed by atoms with Crippen molar-refractivity contribution in [2.75, 3.05) is 20.1 Å². The van der Waals surface area contributed by atoms with Crippen LogP contribution in [0.3, 0.4) is 0 Å². The number of piperidine rings is 1. The predicted octanol–water partition coefficient (Wildman–Crippen LogP) is 5.92. The fraction of sp³-hybridized carbons (Fsp3) is 0.615. The smallest absolute Gasteiger partial charge is 0.251 e. The number of aryl methyl sites for hydroxylation is 1. The molecule has 2 aliphatic rings. The fourth-order valence-electron chi connectivity index (χ4n) is 4.64. The normalized spacial score (nSPS) is 21.6. The number of ether oxygens (including phenoxy) is 2. The second kappa shape index (κ2) is 10.8. The van der Waals surface area contributed by atoms with Crippen molar-refractivity contribution >= 4 is 0 Å². The van der Waals surface area contributed by atoms with Crippen LogP contribution in [-0.4, -0.2) is 53.4 Å². The van der Waals surface area contributed by atoms with Gasteiger partial charge >= 0.3 is 0 Å². The van der Waals surface area contributed by atoms with E-state index in [9.17, 15) is 8.78 Å². The molecule has 33 heavy (non-hydrogen) atoms. The Kier molecular flexibility index (Phi) is 7.78. The molecule has 1 aliphatic carbocycles. The zero-order valence-electron chi connectivity index (χ0n) is 19.7. The highest BCUT2D eigenvalue weighted by atomic mass is 19.3. The SMILES string of the molecule is CCCCc1nnc(OC2CCN(C)CC2)cc1-c1ccc(OC2CCCC(F)(F)C2)cc1. The van der Waals surface area contributed by atoms with Crippen molar-refractivity contribution in [3.63, 3.8) is 0 Å². The van der Waals surface area contributed by atoms with Gasteiger partial charge in [0.15, 0.2) is 0 Å². The Morgan fingerprint density at radius 1 is 1.03 bits per heavy atom. The van der Waals surface area contributed by atoms with Crippen molar-refractivity contribution in [1.29, 1.82) is 0 Å². The van der Waals surface area contributed by atoms with E-state index in [0.29, 0.717) is 24.5 Å². The molecule has 1 atom stereocenters. The van der Waals surface area contributed by atoms with Gasteiger partial charge in [-0.15, -0.1) is 5.10 Å². The largest absolute Gasteiger partial charge is 0.490 e. The standard InChI is InChI=1S/C26H35F2N3O2/c1-3-4-7-24-23(17-25(30-29-24)33-21-12-15-31(2)16-13-21)19-8-10-20(11-9-19)32-22-6-5-14-26(27,28)18-22/h8-11,17,21-22H,3-7,12-16,18H2,1-2H3. The van der Waals surface area contributed by atoms with Crippen molar-refractivity contribution < 1.29 is 18.3 Å². The van der Waals surface area contributed by atoms with Crippen molar-refractivity contribution in [1.82, 2.24) is 15.1 Å². The van der Waals surface area contributed by atoms with Crippen LogP contribution in [0, 0.1) is 0 Å². The summed E-state index contributed by atoms with van der Waals surface area (Å²) < 4.78 is 39.5. The van der Waals surface area contributed by atoms with E-state index in [4.69, 9.17) is 9.47 Å². The summed E-state index contributed by atoms with van der Waals surface area (Å²) in [6.45, 7) is 4.20. The summed E-state index contributed by atoms with van der Waals surface area (Å²) in [4.78, 5) is 2.31. The molecule has 1 aromatic heterocycles. The van der Waals surface area contributed by atoms with Crippen LogP contribution in [0.25, 0.3) is 11.1 Å². The first-order valence-corrected chi connectivity index (χ1v) is 12.3. The third kappa shape index (κ3) is 6.62. The first-order valence-electron chi connectivity index (χ1n) is 12.3. The number of aromatic nitrogens is 2. The average Bonchev–Trinajstić information content (AvgIpc) is 2.79. The molecule has 0 N–H and O–H groups in total. The Morgan fingerprint density at radius 3 is 2.48 bits per heavy atom. The lowest BCUT2D eigenvalue weighted by molar-refractivity contribution is -0.0695. The molecule has 1 unspecified atom stereocenters. The lowest BCUT2D eigenvalue weighted by Crippen LogP contribution is -2.35. The molecule has 1 aliphatic heterocycles. The zero-order valence-corrected chi connectivity index (χ0v) is 19.7. The summed E-state index contributed by atoms with van der Waals surface area (Å²) in [6.07, 6.45) is 5.58. The Morgan fingerprint density at radius 2 is 1.79 bits per heavy atom. The summed E-state index contributed by atoms with van der Waals surface area (Å²) in [5.41, 5.74) is 2.97. The summed E-state index contributed by atoms with van der Waals surface area (Å²) in [6, 6.07) is 9.67. The van der Waals surface area contributed by atoms with E-state index in [-0.39, 0.29) is 18.9 Å². The van der Waals surface area contributed by atoms with Crippen LogP contribution in [0.4, 0.5) is 8.78 Å². The number of alkyl halides is 2. The fourth-order valence-corrected chi connectivity index (χ4v) is 4.64. The van der Waals surface area contributed by atoms with Gasteiger partial charge in [0.05, 0.1) is 5.69 Å². The van der Waals surface area contributed by atoms with Gasteiger partial charge < -0.3 is 14.4 Å². The number of likely N-dealkylation sites (tertiary alicyclic amines) is 1. The van der Waals surface area contributed by atoms with Crippen LogP contribution in [0.1, 0.15) is 64.0 Å². The maximum atomic E-state index is 13.7. The molecule has 5 nitrogen and oxygen atoms in total. The molecular weight excluding hydrogens is 424 g/mol. The van der Waals surface area contributed by atoms with E-state index >= 15 is 0 Å². The molecule has 1 saturated carbocycles. The third-order valence-corrected chi connectivity index (χ3v) is 6.63. The number of benzene rings is 1. The molecule has 0 spiro atoms. The minimum atomic E-state index is -2.62. The maximum Gasteiger partial charge on any atom is 0.251 e. The molecule has 7 heteroatoms. The maximum absolute atomic E-state index is 13.7. The van der Waals surface area contributed by atoms with Gasteiger partial charge in [-0.25, -0.2) is 8.78 Å². The molecule has 2 heterocycles. The van der Waals surface area contributed by atoms with Gasteiger partial charge in [-0.05, 0) is 63.3 Å². The number of nitrogens with zero attached hydrogens (tertiary/aromatic N) is 3. The summed E-state index contributed by atoms with van der Waals surface area (Å²) in [7, 11) is 2.13. The first kappa shape index (κ1) is 23.9. The van der Waals surface area contributed by atoms with Crippen LogP contribution >= 0.6 is 0 Å². The van der Waals surface area contributed by atoms with Crippen LogP contribution in [0.15, 0.2) is 30.3 Å². The number of unbranched alkanes of at least 4 members (excludes halogenated alkanes) is 1.